The predicted molar refractivity (Wildman–Crippen MR) is 76.2 cm³/mol. The first-order chi connectivity index (χ1) is 9.46. The maximum absolute atomic E-state index is 13.4. The van der Waals surface area contributed by atoms with Crippen LogP contribution in [-0.2, 0) is 14.9 Å². The molecule has 1 heterocycles. The minimum absolute atomic E-state index is 0.111. The number of aromatic nitrogens is 1. The average Bonchev–Trinajstić information content (AvgIpc) is 2.82. The molecule has 20 heavy (non-hydrogen) atoms. The highest BCUT2D eigenvalue weighted by molar-refractivity contribution is 5.94. The fourth-order valence-corrected chi connectivity index (χ4v) is 2.22. The molecule has 0 aliphatic heterocycles. The lowest BCUT2D eigenvalue weighted by atomic mass is 9.83. The van der Waals surface area contributed by atoms with Gasteiger partial charge in [0.2, 0.25) is 5.91 Å². The van der Waals surface area contributed by atoms with Crippen molar-refractivity contribution in [1.82, 2.24) is 10.3 Å². The third kappa shape index (κ3) is 2.67. The molecular weight excluding hydrogens is 259 g/mol. The van der Waals surface area contributed by atoms with E-state index in [-0.39, 0.29) is 11.7 Å². The molecule has 0 saturated carbocycles. The number of ether oxygens (including phenoxy) is 1. The smallest absolute Gasteiger partial charge is 0.230 e. The second-order valence-corrected chi connectivity index (χ2v) is 5.27. The van der Waals surface area contributed by atoms with Crippen LogP contribution >= 0.6 is 0 Å². The molecule has 4 nitrogen and oxygen atoms in total. The Morgan fingerprint density at radius 3 is 2.90 bits per heavy atom. The summed E-state index contributed by atoms with van der Waals surface area (Å²) in [7, 11) is 1.58. The first-order valence-corrected chi connectivity index (χ1v) is 6.51. The van der Waals surface area contributed by atoms with E-state index in [2.05, 4.69) is 10.3 Å². The summed E-state index contributed by atoms with van der Waals surface area (Å²) in [6, 6.07) is 4.52. The number of hydrogen-bond donors (Lipinski definition) is 2. The highest BCUT2D eigenvalue weighted by atomic mass is 19.1. The predicted octanol–water partition coefficient (Wildman–Crippen LogP) is 2.35. The third-order valence-electron chi connectivity index (χ3n) is 3.48. The number of benzene rings is 1. The number of amides is 1. The number of carbonyl (C=O) groups excluding carboxylic acids is 1. The van der Waals surface area contributed by atoms with Crippen molar-refractivity contribution in [3.05, 3.63) is 35.8 Å². The number of rotatable bonds is 5. The van der Waals surface area contributed by atoms with Crippen LogP contribution in [0, 0.1) is 5.82 Å². The molecule has 1 aromatic carbocycles. The van der Waals surface area contributed by atoms with E-state index < -0.39 is 5.41 Å². The number of H-pyrrole nitrogens is 1. The molecule has 1 amide bonds. The van der Waals surface area contributed by atoms with Crippen LogP contribution in [0.4, 0.5) is 4.39 Å². The zero-order valence-corrected chi connectivity index (χ0v) is 11.9. The summed E-state index contributed by atoms with van der Waals surface area (Å²) in [5, 5.41) is 3.55. The Labute approximate surface area is 117 Å². The summed E-state index contributed by atoms with van der Waals surface area (Å²) in [6.07, 6.45) is 1.76. The monoisotopic (exact) mass is 278 g/mol. The fourth-order valence-electron chi connectivity index (χ4n) is 2.22. The van der Waals surface area contributed by atoms with E-state index in [1.807, 2.05) is 13.8 Å². The highest BCUT2D eigenvalue weighted by Crippen LogP contribution is 2.31. The van der Waals surface area contributed by atoms with Gasteiger partial charge in [-0.1, -0.05) is 0 Å². The maximum atomic E-state index is 13.4. The zero-order valence-electron chi connectivity index (χ0n) is 11.9. The highest BCUT2D eigenvalue weighted by Gasteiger charge is 2.32. The number of fused-ring (bicyclic) bond motifs is 1. The molecule has 2 rings (SSSR count). The van der Waals surface area contributed by atoms with Crippen LogP contribution < -0.4 is 5.32 Å². The zero-order chi connectivity index (χ0) is 14.8. The van der Waals surface area contributed by atoms with Crippen LogP contribution in [0.2, 0.25) is 0 Å². The Morgan fingerprint density at radius 2 is 2.20 bits per heavy atom. The van der Waals surface area contributed by atoms with Gasteiger partial charge in [-0.3, -0.25) is 4.79 Å². The van der Waals surface area contributed by atoms with Crippen LogP contribution in [0.25, 0.3) is 10.9 Å². The van der Waals surface area contributed by atoms with Crippen molar-refractivity contribution < 1.29 is 13.9 Å². The molecule has 2 N–H and O–H groups in total. The van der Waals surface area contributed by atoms with E-state index in [0.717, 1.165) is 16.5 Å². The van der Waals surface area contributed by atoms with Gasteiger partial charge in [0.25, 0.3) is 0 Å². The van der Waals surface area contributed by atoms with Gasteiger partial charge in [-0.2, -0.15) is 0 Å². The largest absolute Gasteiger partial charge is 0.383 e. The normalized spacial score (nSPS) is 11.8. The number of hydrogen-bond acceptors (Lipinski definition) is 2. The summed E-state index contributed by atoms with van der Waals surface area (Å²) in [4.78, 5) is 15.4. The first kappa shape index (κ1) is 14.5. The molecule has 5 heteroatoms. The Bertz CT molecular complexity index is 619. The minimum atomic E-state index is -0.750. The van der Waals surface area contributed by atoms with Gasteiger partial charge >= 0.3 is 0 Å². The quantitative estimate of drug-likeness (QED) is 0.825. The number of nitrogens with one attached hydrogen (secondary N) is 2. The second kappa shape index (κ2) is 5.63. The standard InChI is InChI=1S/C15H19FN2O2/c1-15(2,14(19)17-6-7-20-3)12-9-18-13-5-4-10(16)8-11(12)13/h4-5,8-9,18H,6-7H2,1-3H3,(H,17,19). The van der Waals surface area contributed by atoms with E-state index in [4.69, 9.17) is 4.74 Å². The van der Waals surface area contributed by atoms with Crippen molar-refractivity contribution in [2.75, 3.05) is 20.3 Å². The summed E-state index contributed by atoms with van der Waals surface area (Å²) in [5.41, 5.74) is 0.848. The first-order valence-electron chi connectivity index (χ1n) is 6.51. The third-order valence-corrected chi connectivity index (χ3v) is 3.48. The SMILES string of the molecule is COCCNC(=O)C(C)(C)c1c[nH]c2ccc(F)cc12. The number of carbonyl (C=O) groups is 1. The Hall–Kier alpha value is -1.88. The molecule has 1 aromatic heterocycles. The molecule has 0 aliphatic rings. The van der Waals surface area contributed by atoms with E-state index in [1.165, 1.54) is 12.1 Å². The fraction of sp³-hybridized carbons (Fsp3) is 0.400. The Kier molecular flexibility index (Phi) is 4.09. The lowest BCUT2D eigenvalue weighted by molar-refractivity contribution is -0.125. The van der Waals surface area contributed by atoms with Crippen LogP contribution in [0.5, 0.6) is 0 Å². The molecule has 0 unspecified atom stereocenters. The van der Waals surface area contributed by atoms with Crippen molar-refractivity contribution in [2.24, 2.45) is 0 Å². The Morgan fingerprint density at radius 1 is 1.45 bits per heavy atom. The van der Waals surface area contributed by atoms with Gasteiger partial charge in [0.1, 0.15) is 5.82 Å². The van der Waals surface area contributed by atoms with Gasteiger partial charge in [-0.15, -0.1) is 0 Å². The lowest BCUT2D eigenvalue weighted by Gasteiger charge is -2.23. The molecule has 0 radical (unpaired) electrons. The van der Waals surface area contributed by atoms with E-state index in [1.54, 1.807) is 19.4 Å². The van der Waals surface area contributed by atoms with Crippen molar-refractivity contribution >= 4 is 16.8 Å². The van der Waals surface area contributed by atoms with Gasteiger partial charge in [-0.25, -0.2) is 4.39 Å². The van der Waals surface area contributed by atoms with Crippen molar-refractivity contribution in [3.8, 4) is 0 Å². The van der Waals surface area contributed by atoms with Crippen LogP contribution in [0.15, 0.2) is 24.4 Å². The molecule has 0 spiro atoms. The van der Waals surface area contributed by atoms with Crippen molar-refractivity contribution in [3.63, 3.8) is 0 Å². The second-order valence-electron chi connectivity index (χ2n) is 5.27. The van der Waals surface area contributed by atoms with Gasteiger partial charge < -0.3 is 15.0 Å². The van der Waals surface area contributed by atoms with Gasteiger partial charge in [0.15, 0.2) is 0 Å². The van der Waals surface area contributed by atoms with Crippen LogP contribution in [-0.4, -0.2) is 31.2 Å². The summed E-state index contributed by atoms with van der Waals surface area (Å²) < 4.78 is 18.3. The van der Waals surface area contributed by atoms with E-state index in [9.17, 15) is 9.18 Å². The van der Waals surface area contributed by atoms with Crippen molar-refractivity contribution in [2.45, 2.75) is 19.3 Å². The van der Waals surface area contributed by atoms with Crippen LogP contribution in [0.1, 0.15) is 19.4 Å². The molecule has 0 atom stereocenters. The van der Waals surface area contributed by atoms with E-state index in [0.29, 0.717) is 13.2 Å². The van der Waals surface area contributed by atoms with Crippen LogP contribution in [0.3, 0.4) is 0 Å². The molecular formula is C15H19FN2O2. The van der Waals surface area contributed by atoms with Gasteiger partial charge in [0.05, 0.1) is 12.0 Å². The van der Waals surface area contributed by atoms with E-state index >= 15 is 0 Å². The average molecular weight is 278 g/mol. The molecule has 0 aliphatic carbocycles. The number of halogens is 1. The molecule has 0 bridgehead atoms. The topological polar surface area (TPSA) is 54.1 Å². The number of aromatic amines is 1. The van der Waals surface area contributed by atoms with Gasteiger partial charge in [0, 0.05) is 30.8 Å². The molecule has 0 saturated heterocycles. The minimum Gasteiger partial charge on any atom is -0.383 e. The molecule has 2 aromatic rings. The number of methoxy groups -OCH3 is 1. The maximum Gasteiger partial charge on any atom is 0.230 e. The summed E-state index contributed by atoms with van der Waals surface area (Å²) in [6.45, 7) is 4.56. The molecule has 108 valence electrons. The van der Waals surface area contributed by atoms with Gasteiger partial charge in [-0.05, 0) is 37.6 Å². The lowest BCUT2D eigenvalue weighted by Crippen LogP contribution is -2.41. The summed E-state index contributed by atoms with van der Waals surface area (Å²) in [5.74, 6) is -0.423. The molecule has 0 fully saturated rings. The summed E-state index contributed by atoms with van der Waals surface area (Å²) >= 11 is 0. The Balaban J connectivity index is 2.31. The van der Waals surface area contributed by atoms with Crippen molar-refractivity contribution in [1.29, 1.82) is 0 Å².